The molecule has 1 aliphatic rings. The summed E-state index contributed by atoms with van der Waals surface area (Å²) in [6.07, 6.45) is 6.36. The van der Waals surface area contributed by atoms with Crippen LogP contribution in [0, 0.1) is 11.8 Å². The van der Waals surface area contributed by atoms with E-state index in [2.05, 4.69) is 42.6 Å². The molecule has 1 aromatic rings. The molecule has 1 aliphatic carbocycles. The van der Waals surface area contributed by atoms with Gasteiger partial charge in [0.1, 0.15) is 0 Å². The molecular weight excluding hydrogens is 234 g/mol. The molecule has 0 aliphatic heterocycles. The first-order valence-corrected chi connectivity index (χ1v) is 7.68. The highest BCUT2D eigenvalue weighted by atomic mass is 16.3. The minimum Gasteiger partial charge on any atom is -0.396 e. The van der Waals surface area contributed by atoms with Gasteiger partial charge in [0.25, 0.3) is 0 Å². The second-order valence-corrected chi connectivity index (χ2v) is 6.02. The number of hydrogen-bond acceptors (Lipinski definition) is 2. The van der Waals surface area contributed by atoms with Crippen molar-refractivity contribution in [2.45, 2.75) is 45.1 Å². The molecule has 2 N–H and O–H groups in total. The molecule has 2 unspecified atom stereocenters. The second-order valence-electron chi connectivity index (χ2n) is 6.02. The summed E-state index contributed by atoms with van der Waals surface area (Å²) in [6, 6.07) is 11.3. The summed E-state index contributed by atoms with van der Waals surface area (Å²) in [7, 11) is 0. The molecule has 2 atom stereocenters. The fraction of sp³-hybridized carbons (Fsp3) is 0.647. The normalized spacial score (nSPS) is 18.8. The molecule has 1 fully saturated rings. The van der Waals surface area contributed by atoms with E-state index in [1.54, 1.807) is 0 Å². The molecule has 106 valence electrons. The van der Waals surface area contributed by atoms with Crippen LogP contribution >= 0.6 is 0 Å². The highest BCUT2D eigenvalue weighted by Gasteiger charge is 2.23. The van der Waals surface area contributed by atoms with Crippen LogP contribution < -0.4 is 5.32 Å². The minimum atomic E-state index is 0.293. The first kappa shape index (κ1) is 14.5. The molecule has 2 nitrogen and oxygen atoms in total. The van der Waals surface area contributed by atoms with E-state index < -0.39 is 0 Å². The molecule has 0 radical (unpaired) electrons. The highest BCUT2D eigenvalue weighted by molar-refractivity contribution is 5.19. The molecule has 0 amide bonds. The molecule has 0 heterocycles. The zero-order valence-electron chi connectivity index (χ0n) is 12.0. The summed E-state index contributed by atoms with van der Waals surface area (Å²) in [5, 5.41) is 12.7. The zero-order valence-corrected chi connectivity index (χ0v) is 12.0. The first-order chi connectivity index (χ1) is 9.29. The lowest BCUT2D eigenvalue weighted by Gasteiger charge is -2.31. The summed E-state index contributed by atoms with van der Waals surface area (Å²) >= 11 is 0. The molecule has 0 spiro atoms. The van der Waals surface area contributed by atoms with Crippen molar-refractivity contribution < 1.29 is 5.11 Å². The Kier molecular flexibility index (Phi) is 5.87. The van der Waals surface area contributed by atoms with E-state index >= 15 is 0 Å². The van der Waals surface area contributed by atoms with Gasteiger partial charge >= 0.3 is 0 Å². The number of aliphatic hydroxyl groups is 1. The minimum absolute atomic E-state index is 0.293. The van der Waals surface area contributed by atoms with Gasteiger partial charge in [-0.2, -0.15) is 0 Å². The molecule has 2 rings (SSSR count). The summed E-state index contributed by atoms with van der Waals surface area (Å²) in [4.78, 5) is 0. The van der Waals surface area contributed by atoms with Crippen molar-refractivity contribution in [3.05, 3.63) is 35.9 Å². The Morgan fingerprint density at radius 3 is 2.58 bits per heavy atom. The van der Waals surface area contributed by atoms with E-state index in [1.165, 1.54) is 31.2 Å². The molecule has 0 saturated heterocycles. The lowest BCUT2D eigenvalue weighted by Crippen LogP contribution is -2.29. The number of hydrogen-bond donors (Lipinski definition) is 2. The third-order valence-electron chi connectivity index (χ3n) is 4.33. The Balaban J connectivity index is 1.90. The van der Waals surface area contributed by atoms with Crippen molar-refractivity contribution in [1.29, 1.82) is 0 Å². The van der Waals surface area contributed by atoms with Crippen LogP contribution in [0.15, 0.2) is 30.3 Å². The zero-order chi connectivity index (χ0) is 13.5. The smallest absolute Gasteiger partial charge is 0.0434 e. The highest BCUT2D eigenvalue weighted by Crippen LogP contribution is 2.34. The monoisotopic (exact) mass is 261 g/mol. The van der Waals surface area contributed by atoms with Gasteiger partial charge in [0.15, 0.2) is 0 Å². The van der Waals surface area contributed by atoms with Gasteiger partial charge in [-0.1, -0.05) is 56.5 Å². The first-order valence-electron chi connectivity index (χ1n) is 7.68. The van der Waals surface area contributed by atoms with E-state index in [4.69, 9.17) is 5.11 Å². The maximum Gasteiger partial charge on any atom is 0.0434 e. The number of nitrogens with one attached hydrogen (secondary N) is 1. The average Bonchev–Trinajstić information content (AvgIpc) is 2.38. The molecular formula is C17H27NO. The van der Waals surface area contributed by atoms with Crippen molar-refractivity contribution in [3.8, 4) is 0 Å². The average molecular weight is 261 g/mol. The molecule has 2 heteroatoms. The van der Waals surface area contributed by atoms with Gasteiger partial charge in [0.2, 0.25) is 0 Å². The van der Waals surface area contributed by atoms with Crippen LogP contribution in [-0.4, -0.2) is 18.3 Å². The van der Waals surface area contributed by atoms with E-state index in [9.17, 15) is 0 Å². The third-order valence-corrected chi connectivity index (χ3v) is 4.33. The Morgan fingerprint density at radius 1 is 1.26 bits per heavy atom. The van der Waals surface area contributed by atoms with Crippen LogP contribution in [0.5, 0.6) is 0 Å². The van der Waals surface area contributed by atoms with E-state index in [1.807, 2.05) is 0 Å². The topological polar surface area (TPSA) is 32.3 Å². The predicted molar refractivity (Wildman–Crippen MR) is 80.0 cm³/mol. The Hall–Kier alpha value is -0.860. The molecule has 0 aromatic heterocycles. The van der Waals surface area contributed by atoms with Gasteiger partial charge in [-0.15, -0.1) is 0 Å². The third kappa shape index (κ3) is 4.63. The number of aliphatic hydroxyl groups excluding tert-OH is 1. The molecule has 19 heavy (non-hydrogen) atoms. The van der Waals surface area contributed by atoms with Crippen molar-refractivity contribution >= 4 is 0 Å². The Morgan fingerprint density at radius 2 is 2.00 bits per heavy atom. The van der Waals surface area contributed by atoms with Crippen LogP contribution in [0.3, 0.4) is 0 Å². The largest absolute Gasteiger partial charge is 0.396 e. The number of rotatable bonds is 8. The predicted octanol–water partition coefficient (Wildman–Crippen LogP) is 3.53. The summed E-state index contributed by atoms with van der Waals surface area (Å²) in [6.45, 7) is 3.49. The SMILES string of the molecule is CC(CCO)CNC(CC1CCC1)c1ccccc1. The Labute approximate surface area is 117 Å². The van der Waals surface area contributed by atoms with Gasteiger partial charge < -0.3 is 10.4 Å². The van der Waals surface area contributed by atoms with Crippen LogP contribution in [-0.2, 0) is 0 Å². The van der Waals surface area contributed by atoms with Gasteiger partial charge in [0, 0.05) is 12.6 Å². The molecule has 1 saturated carbocycles. The van der Waals surface area contributed by atoms with Crippen molar-refractivity contribution in [3.63, 3.8) is 0 Å². The van der Waals surface area contributed by atoms with E-state index in [0.29, 0.717) is 18.6 Å². The van der Waals surface area contributed by atoms with Crippen molar-refractivity contribution in [1.82, 2.24) is 5.32 Å². The van der Waals surface area contributed by atoms with Gasteiger partial charge in [0.05, 0.1) is 0 Å². The standard InChI is InChI=1S/C17H27NO/c1-14(10-11-19)13-18-17(12-15-6-5-7-15)16-8-3-2-4-9-16/h2-4,8-9,14-15,17-19H,5-7,10-13H2,1H3. The van der Waals surface area contributed by atoms with E-state index in [-0.39, 0.29) is 0 Å². The molecule has 1 aromatic carbocycles. The van der Waals surface area contributed by atoms with Crippen LogP contribution in [0.2, 0.25) is 0 Å². The quantitative estimate of drug-likeness (QED) is 0.750. The molecule has 0 bridgehead atoms. The van der Waals surface area contributed by atoms with Gasteiger partial charge in [-0.3, -0.25) is 0 Å². The lowest BCUT2D eigenvalue weighted by molar-refractivity contribution is 0.240. The fourth-order valence-electron chi connectivity index (χ4n) is 2.75. The van der Waals surface area contributed by atoms with Gasteiger partial charge in [-0.05, 0) is 36.8 Å². The maximum absolute atomic E-state index is 8.98. The second kappa shape index (κ2) is 7.66. The van der Waals surface area contributed by atoms with Crippen molar-refractivity contribution in [2.75, 3.05) is 13.2 Å². The fourth-order valence-corrected chi connectivity index (χ4v) is 2.75. The van der Waals surface area contributed by atoms with Crippen LogP contribution in [0.1, 0.15) is 50.6 Å². The van der Waals surface area contributed by atoms with E-state index in [0.717, 1.165) is 18.9 Å². The summed E-state index contributed by atoms with van der Waals surface area (Å²) in [5.74, 6) is 1.45. The lowest BCUT2D eigenvalue weighted by atomic mass is 9.79. The Bertz CT molecular complexity index is 348. The summed E-state index contributed by atoms with van der Waals surface area (Å²) in [5.41, 5.74) is 1.41. The van der Waals surface area contributed by atoms with Crippen molar-refractivity contribution in [2.24, 2.45) is 11.8 Å². The number of benzene rings is 1. The van der Waals surface area contributed by atoms with Crippen LogP contribution in [0.25, 0.3) is 0 Å². The van der Waals surface area contributed by atoms with Gasteiger partial charge in [-0.25, -0.2) is 0 Å². The maximum atomic E-state index is 8.98. The van der Waals surface area contributed by atoms with Crippen LogP contribution in [0.4, 0.5) is 0 Å². The summed E-state index contributed by atoms with van der Waals surface area (Å²) < 4.78 is 0.